The molecule has 2 saturated carbocycles. The third-order valence-electron chi connectivity index (χ3n) is 5.52. The molecule has 2 fully saturated rings. The van der Waals surface area contributed by atoms with Crippen LogP contribution in [0.25, 0.3) is 0 Å². The predicted octanol–water partition coefficient (Wildman–Crippen LogP) is 5.04. The number of hydrogen-bond acceptors (Lipinski definition) is 4. The molecular weight excluding hydrogens is 366 g/mol. The van der Waals surface area contributed by atoms with Crippen LogP contribution in [0.4, 0.5) is 0 Å². The zero-order valence-corrected chi connectivity index (χ0v) is 19.5. The summed E-state index contributed by atoms with van der Waals surface area (Å²) >= 11 is 0. The summed E-state index contributed by atoms with van der Waals surface area (Å²) in [6.07, 6.45) is 11.8. The van der Waals surface area contributed by atoms with Gasteiger partial charge in [0.1, 0.15) is 5.78 Å². The van der Waals surface area contributed by atoms with E-state index in [-0.39, 0.29) is 25.2 Å². The summed E-state index contributed by atoms with van der Waals surface area (Å²) in [7, 11) is 0. The van der Waals surface area contributed by atoms with Gasteiger partial charge < -0.3 is 15.2 Å². The zero-order valence-electron chi connectivity index (χ0n) is 19.5. The molecule has 0 radical (unpaired) electrons. The maximum Gasteiger partial charge on any atom is 0.220 e. The minimum Gasteiger partial charge on any atom is -0.391 e. The van der Waals surface area contributed by atoms with E-state index in [4.69, 9.17) is 9.84 Å². The number of amides is 1. The highest BCUT2D eigenvalue weighted by atomic mass is 16.5. The van der Waals surface area contributed by atoms with Crippen LogP contribution in [0.3, 0.4) is 0 Å². The highest BCUT2D eigenvalue weighted by Crippen LogP contribution is 2.27. The SMILES string of the molecule is CC(C)(C)O.CC(C)C(=O)C1CCC(NC(=O)CCCOC2CCCCC2)CC1.[HH]. The standard InChI is InChI=1S/C20H35NO3.C4H10O.H2/c1-15(2)20(23)16-10-12-17(13-11-16)21-19(22)9-6-14-24-18-7-4-3-5-8-18;1-4(2,3)5;/h15-18H,3-14H2,1-2H3,(H,21,22);5H,1-3H3;1H. The topological polar surface area (TPSA) is 75.6 Å². The molecule has 5 heteroatoms. The number of aliphatic hydroxyl groups is 1. The van der Waals surface area contributed by atoms with Crippen LogP contribution < -0.4 is 5.32 Å². The van der Waals surface area contributed by atoms with Crippen LogP contribution in [0, 0.1) is 11.8 Å². The minimum absolute atomic E-state index is 0. The summed E-state index contributed by atoms with van der Waals surface area (Å²) in [6, 6.07) is 0.257. The molecule has 0 aromatic rings. The van der Waals surface area contributed by atoms with Crippen molar-refractivity contribution in [3.05, 3.63) is 0 Å². The smallest absolute Gasteiger partial charge is 0.220 e. The number of Topliss-reactive ketones (excluding diaryl/α,β-unsaturated/α-hetero) is 1. The van der Waals surface area contributed by atoms with Gasteiger partial charge in [-0.05, 0) is 65.7 Å². The molecule has 1 amide bonds. The van der Waals surface area contributed by atoms with Crippen molar-refractivity contribution in [3.63, 3.8) is 0 Å². The van der Waals surface area contributed by atoms with Gasteiger partial charge >= 0.3 is 0 Å². The van der Waals surface area contributed by atoms with Gasteiger partial charge in [0.05, 0.1) is 11.7 Å². The third-order valence-corrected chi connectivity index (χ3v) is 5.52. The number of carbonyl (C=O) groups is 2. The Labute approximate surface area is 179 Å². The third kappa shape index (κ3) is 13.1. The van der Waals surface area contributed by atoms with Crippen molar-refractivity contribution >= 4 is 11.7 Å². The lowest BCUT2D eigenvalue weighted by molar-refractivity contribution is -0.127. The molecular formula is C24H47NO4. The van der Waals surface area contributed by atoms with Gasteiger partial charge in [-0.15, -0.1) is 0 Å². The van der Waals surface area contributed by atoms with Crippen LogP contribution >= 0.6 is 0 Å². The molecule has 0 aromatic heterocycles. The summed E-state index contributed by atoms with van der Waals surface area (Å²) in [5.74, 6) is 0.868. The molecule has 5 nitrogen and oxygen atoms in total. The molecule has 172 valence electrons. The van der Waals surface area contributed by atoms with E-state index in [1.807, 2.05) is 13.8 Å². The molecule has 29 heavy (non-hydrogen) atoms. The van der Waals surface area contributed by atoms with Gasteiger partial charge in [0.15, 0.2) is 0 Å². The Balaban J connectivity index is 0.00000125. The highest BCUT2D eigenvalue weighted by Gasteiger charge is 2.28. The number of nitrogens with one attached hydrogen (secondary N) is 1. The molecule has 0 atom stereocenters. The van der Waals surface area contributed by atoms with Gasteiger partial charge in [-0.2, -0.15) is 0 Å². The lowest BCUT2D eigenvalue weighted by Crippen LogP contribution is -2.39. The van der Waals surface area contributed by atoms with Crippen molar-refractivity contribution < 1.29 is 20.9 Å². The second-order valence-electron chi connectivity index (χ2n) is 10.1. The summed E-state index contributed by atoms with van der Waals surface area (Å²) in [6.45, 7) is 9.89. The fourth-order valence-corrected chi connectivity index (χ4v) is 4.01. The number of rotatable bonds is 8. The largest absolute Gasteiger partial charge is 0.391 e. The monoisotopic (exact) mass is 413 g/mol. The van der Waals surface area contributed by atoms with Crippen LogP contribution in [-0.4, -0.2) is 41.2 Å². The van der Waals surface area contributed by atoms with Crippen molar-refractivity contribution in [1.82, 2.24) is 5.32 Å². The quantitative estimate of drug-likeness (QED) is 0.547. The van der Waals surface area contributed by atoms with Crippen molar-refractivity contribution in [3.8, 4) is 0 Å². The Kier molecular flexibility index (Phi) is 12.0. The minimum atomic E-state index is -0.500. The maximum absolute atomic E-state index is 12.1. The zero-order chi connectivity index (χ0) is 21.9. The normalized spacial score (nSPS) is 23.3. The van der Waals surface area contributed by atoms with E-state index in [1.165, 1.54) is 32.1 Å². The van der Waals surface area contributed by atoms with Crippen molar-refractivity contribution in [2.24, 2.45) is 11.8 Å². The Hall–Kier alpha value is -0.940. The first kappa shape index (κ1) is 26.1. The summed E-state index contributed by atoms with van der Waals surface area (Å²) in [5.41, 5.74) is -0.500. The van der Waals surface area contributed by atoms with E-state index in [0.29, 0.717) is 24.9 Å². The molecule has 0 aliphatic heterocycles. The van der Waals surface area contributed by atoms with Crippen molar-refractivity contribution in [2.75, 3.05) is 6.61 Å². The van der Waals surface area contributed by atoms with Crippen LogP contribution in [-0.2, 0) is 14.3 Å². The average molecular weight is 414 g/mol. The van der Waals surface area contributed by atoms with Gasteiger partial charge in [0, 0.05) is 32.3 Å². The van der Waals surface area contributed by atoms with Crippen molar-refractivity contribution in [1.29, 1.82) is 0 Å². The second kappa shape index (κ2) is 13.4. The first-order valence-corrected chi connectivity index (χ1v) is 11.7. The second-order valence-corrected chi connectivity index (χ2v) is 10.1. The summed E-state index contributed by atoms with van der Waals surface area (Å²) in [4.78, 5) is 24.1. The van der Waals surface area contributed by atoms with Gasteiger partial charge in [0.2, 0.25) is 5.91 Å². The summed E-state index contributed by atoms with van der Waals surface area (Å²) < 4.78 is 5.87. The van der Waals surface area contributed by atoms with Gasteiger partial charge in [-0.1, -0.05) is 33.1 Å². The summed E-state index contributed by atoms with van der Waals surface area (Å²) in [5, 5.41) is 11.7. The number of hydrogen-bond donors (Lipinski definition) is 2. The van der Waals surface area contributed by atoms with E-state index < -0.39 is 5.60 Å². The van der Waals surface area contributed by atoms with E-state index >= 15 is 0 Å². The molecule has 0 aromatic carbocycles. The van der Waals surface area contributed by atoms with E-state index in [1.54, 1.807) is 20.8 Å². The van der Waals surface area contributed by atoms with Crippen molar-refractivity contribution in [2.45, 2.75) is 123 Å². The van der Waals surface area contributed by atoms with Crippen LogP contribution in [0.5, 0.6) is 0 Å². The molecule has 2 rings (SSSR count). The Morgan fingerprint density at radius 1 is 1.03 bits per heavy atom. The van der Waals surface area contributed by atoms with Crippen LogP contribution in [0.15, 0.2) is 0 Å². The first-order chi connectivity index (χ1) is 13.6. The molecule has 2 aliphatic carbocycles. The lowest BCUT2D eigenvalue weighted by atomic mass is 9.80. The Bertz CT molecular complexity index is 470. The molecule has 2 N–H and O–H groups in total. The van der Waals surface area contributed by atoms with E-state index in [0.717, 1.165) is 32.1 Å². The Morgan fingerprint density at radius 3 is 2.10 bits per heavy atom. The number of ether oxygens (including phenoxy) is 1. The van der Waals surface area contributed by atoms with E-state index in [2.05, 4.69) is 5.32 Å². The van der Waals surface area contributed by atoms with E-state index in [9.17, 15) is 9.59 Å². The molecule has 0 bridgehead atoms. The average Bonchev–Trinajstić information content (AvgIpc) is 2.65. The maximum atomic E-state index is 12.1. The molecule has 0 heterocycles. The highest BCUT2D eigenvalue weighted by molar-refractivity contribution is 5.83. The number of ketones is 1. The molecule has 0 unspecified atom stereocenters. The van der Waals surface area contributed by atoms with Gasteiger partial charge in [-0.3, -0.25) is 9.59 Å². The first-order valence-electron chi connectivity index (χ1n) is 11.7. The van der Waals surface area contributed by atoms with Gasteiger partial charge in [-0.25, -0.2) is 0 Å². The van der Waals surface area contributed by atoms with Gasteiger partial charge in [0.25, 0.3) is 0 Å². The van der Waals surface area contributed by atoms with Crippen LogP contribution in [0.1, 0.15) is 107 Å². The predicted molar refractivity (Wildman–Crippen MR) is 120 cm³/mol. The van der Waals surface area contributed by atoms with Crippen LogP contribution in [0.2, 0.25) is 0 Å². The Morgan fingerprint density at radius 2 is 1.59 bits per heavy atom. The number of carbonyl (C=O) groups excluding carboxylic acids is 2. The molecule has 0 saturated heterocycles. The lowest BCUT2D eigenvalue weighted by Gasteiger charge is -2.29. The molecule has 0 spiro atoms. The fourth-order valence-electron chi connectivity index (χ4n) is 4.01. The fraction of sp³-hybridized carbons (Fsp3) is 0.917. The molecule has 2 aliphatic rings.